The number of urea groups is 1. The molecule has 1 aromatic rings. The molecule has 0 radical (unpaired) electrons. The SMILES string of the molecule is CCCOc1ncccc1CNC(=O)NC1CCN(C2CCCC2)CC1. The summed E-state index contributed by atoms with van der Waals surface area (Å²) < 4.78 is 5.64. The minimum Gasteiger partial charge on any atom is -0.477 e. The van der Waals surface area contributed by atoms with E-state index >= 15 is 0 Å². The Bertz CT molecular complexity index is 567. The van der Waals surface area contributed by atoms with Gasteiger partial charge in [-0.3, -0.25) is 0 Å². The lowest BCUT2D eigenvalue weighted by atomic mass is 10.0. The Labute approximate surface area is 156 Å². The number of hydrogen-bond donors (Lipinski definition) is 2. The number of carbonyl (C=O) groups is 1. The molecule has 1 saturated carbocycles. The molecule has 6 heteroatoms. The van der Waals surface area contributed by atoms with Gasteiger partial charge in [-0.05, 0) is 38.2 Å². The highest BCUT2D eigenvalue weighted by Crippen LogP contribution is 2.26. The van der Waals surface area contributed by atoms with E-state index in [-0.39, 0.29) is 12.1 Å². The highest BCUT2D eigenvalue weighted by Gasteiger charge is 2.27. The van der Waals surface area contributed by atoms with Crippen LogP contribution in [0.4, 0.5) is 4.79 Å². The third-order valence-corrected chi connectivity index (χ3v) is 5.44. The van der Waals surface area contributed by atoms with E-state index in [4.69, 9.17) is 4.74 Å². The fourth-order valence-electron chi connectivity index (χ4n) is 3.98. The number of aromatic nitrogens is 1. The number of amides is 2. The molecule has 3 rings (SSSR count). The van der Waals surface area contributed by atoms with Crippen LogP contribution in [-0.2, 0) is 6.54 Å². The number of likely N-dealkylation sites (tertiary alicyclic amines) is 1. The number of pyridine rings is 1. The molecule has 1 saturated heterocycles. The minimum absolute atomic E-state index is 0.102. The normalized spacial score (nSPS) is 19.4. The van der Waals surface area contributed by atoms with Crippen molar-refractivity contribution in [2.24, 2.45) is 0 Å². The van der Waals surface area contributed by atoms with Crippen LogP contribution >= 0.6 is 0 Å². The van der Waals surface area contributed by atoms with Gasteiger partial charge in [0.15, 0.2) is 0 Å². The molecule has 0 aromatic carbocycles. The quantitative estimate of drug-likeness (QED) is 0.784. The van der Waals surface area contributed by atoms with Crippen molar-refractivity contribution < 1.29 is 9.53 Å². The summed E-state index contributed by atoms with van der Waals surface area (Å²) in [5.74, 6) is 0.611. The molecule has 0 spiro atoms. The molecule has 1 aromatic heterocycles. The summed E-state index contributed by atoms with van der Waals surface area (Å²) in [5, 5.41) is 6.07. The second-order valence-corrected chi connectivity index (χ2v) is 7.39. The third-order valence-electron chi connectivity index (χ3n) is 5.44. The highest BCUT2D eigenvalue weighted by molar-refractivity contribution is 5.74. The Balaban J connectivity index is 1.39. The van der Waals surface area contributed by atoms with Crippen LogP contribution in [0.5, 0.6) is 5.88 Å². The van der Waals surface area contributed by atoms with E-state index in [1.807, 2.05) is 12.1 Å². The first-order chi connectivity index (χ1) is 12.8. The molecule has 2 fully saturated rings. The van der Waals surface area contributed by atoms with E-state index in [1.54, 1.807) is 6.20 Å². The van der Waals surface area contributed by atoms with Crippen molar-refractivity contribution in [2.75, 3.05) is 19.7 Å². The molecule has 1 aliphatic carbocycles. The largest absolute Gasteiger partial charge is 0.477 e. The Kier molecular flexibility index (Phi) is 7.12. The van der Waals surface area contributed by atoms with Crippen molar-refractivity contribution in [3.05, 3.63) is 23.9 Å². The zero-order valence-corrected chi connectivity index (χ0v) is 15.9. The van der Waals surface area contributed by atoms with Crippen molar-refractivity contribution in [1.82, 2.24) is 20.5 Å². The Hall–Kier alpha value is -1.82. The zero-order chi connectivity index (χ0) is 18.2. The lowest BCUT2D eigenvalue weighted by molar-refractivity contribution is 0.145. The van der Waals surface area contributed by atoms with E-state index < -0.39 is 0 Å². The van der Waals surface area contributed by atoms with Gasteiger partial charge in [0.1, 0.15) is 0 Å². The Morgan fingerprint density at radius 2 is 2.04 bits per heavy atom. The number of nitrogens with zero attached hydrogens (tertiary/aromatic N) is 2. The minimum atomic E-state index is -0.102. The van der Waals surface area contributed by atoms with Crippen LogP contribution in [0.15, 0.2) is 18.3 Å². The lowest BCUT2D eigenvalue weighted by Gasteiger charge is -2.36. The topological polar surface area (TPSA) is 66.5 Å². The van der Waals surface area contributed by atoms with Gasteiger partial charge in [-0.1, -0.05) is 25.8 Å². The van der Waals surface area contributed by atoms with Crippen LogP contribution in [0.25, 0.3) is 0 Å². The number of ether oxygens (including phenoxy) is 1. The molecule has 6 nitrogen and oxygen atoms in total. The van der Waals surface area contributed by atoms with Crippen molar-refractivity contribution >= 4 is 6.03 Å². The van der Waals surface area contributed by atoms with Gasteiger partial charge < -0.3 is 20.3 Å². The van der Waals surface area contributed by atoms with E-state index in [9.17, 15) is 4.79 Å². The van der Waals surface area contributed by atoms with Crippen LogP contribution in [0.2, 0.25) is 0 Å². The van der Waals surface area contributed by atoms with Gasteiger partial charge in [0.05, 0.1) is 6.61 Å². The van der Waals surface area contributed by atoms with Gasteiger partial charge in [0.25, 0.3) is 0 Å². The van der Waals surface area contributed by atoms with Gasteiger partial charge in [0.2, 0.25) is 5.88 Å². The maximum Gasteiger partial charge on any atom is 0.315 e. The molecule has 26 heavy (non-hydrogen) atoms. The first kappa shape index (κ1) is 19.0. The summed E-state index contributed by atoms with van der Waals surface area (Å²) in [5.41, 5.74) is 0.909. The van der Waals surface area contributed by atoms with Gasteiger partial charge in [0, 0.05) is 43.5 Å². The highest BCUT2D eigenvalue weighted by atomic mass is 16.5. The van der Waals surface area contributed by atoms with Crippen LogP contribution in [-0.4, -0.2) is 47.7 Å². The summed E-state index contributed by atoms with van der Waals surface area (Å²) in [7, 11) is 0. The van der Waals surface area contributed by atoms with Gasteiger partial charge in [-0.2, -0.15) is 0 Å². The maximum atomic E-state index is 12.3. The standard InChI is InChI=1S/C20H32N4O2/c1-2-14-26-19-16(6-5-11-21-19)15-22-20(25)23-17-9-12-24(13-10-17)18-7-3-4-8-18/h5-6,11,17-18H,2-4,7-10,12-15H2,1H3,(H2,22,23,25). The van der Waals surface area contributed by atoms with E-state index in [1.165, 1.54) is 25.7 Å². The number of hydrogen-bond acceptors (Lipinski definition) is 4. The van der Waals surface area contributed by atoms with Crippen LogP contribution in [0, 0.1) is 0 Å². The Morgan fingerprint density at radius 1 is 1.27 bits per heavy atom. The molecule has 2 aliphatic rings. The molecule has 2 heterocycles. The zero-order valence-electron chi connectivity index (χ0n) is 15.9. The van der Waals surface area contributed by atoms with Gasteiger partial charge >= 0.3 is 6.03 Å². The predicted octanol–water partition coefficient (Wildman–Crippen LogP) is 3.08. The fourth-order valence-corrected chi connectivity index (χ4v) is 3.98. The molecule has 1 aliphatic heterocycles. The third kappa shape index (κ3) is 5.34. The van der Waals surface area contributed by atoms with Crippen molar-refractivity contribution in [3.8, 4) is 5.88 Å². The number of piperidine rings is 1. The summed E-state index contributed by atoms with van der Waals surface area (Å²) in [6, 6.07) is 4.77. The van der Waals surface area contributed by atoms with Gasteiger partial charge in [-0.25, -0.2) is 9.78 Å². The summed E-state index contributed by atoms with van der Waals surface area (Å²) in [4.78, 5) is 19.1. The van der Waals surface area contributed by atoms with E-state index in [0.29, 0.717) is 19.0 Å². The molecule has 144 valence electrons. The van der Waals surface area contributed by atoms with Gasteiger partial charge in [-0.15, -0.1) is 0 Å². The van der Waals surface area contributed by atoms with Crippen molar-refractivity contribution in [3.63, 3.8) is 0 Å². The maximum absolute atomic E-state index is 12.3. The number of rotatable bonds is 7. The first-order valence-electron chi connectivity index (χ1n) is 10.1. The van der Waals surface area contributed by atoms with E-state index in [0.717, 1.165) is 44.0 Å². The molecule has 0 unspecified atom stereocenters. The van der Waals surface area contributed by atoms with E-state index in [2.05, 4.69) is 27.4 Å². The second-order valence-electron chi connectivity index (χ2n) is 7.39. The number of carbonyl (C=O) groups excluding carboxylic acids is 1. The van der Waals surface area contributed by atoms with Crippen LogP contribution in [0.1, 0.15) is 57.4 Å². The molecule has 2 N–H and O–H groups in total. The lowest BCUT2D eigenvalue weighted by Crippen LogP contribution is -2.49. The molecule has 2 amide bonds. The summed E-state index contributed by atoms with van der Waals surface area (Å²) >= 11 is 0. The molecule has 0 bridgehead atoms. The average molecular weight is 361 g/mol. The monoisotopic (exact) mass is 360 g/mol. The van der Waals surface area contributed by atoms with Crippen molar-refractivity contribution in [2.45, 2.75) is 70.5 Å². The average Bonchev–Trinajstić information content (AvgIpc) is 3.21. The number of nitrogens with one attached hydrogen (secondary N) is 2. The van der Waals surface area contributed by atoms with Crippen LogP contribution in [0.3, 0.4) is 0 Å². The molecule has 0 atom stereocenters. The second kappa shape index (κ2) is 9.76. The summed E-state index contributed by atoms with van der Waals surface area (Å²) in [6.07, 6.45) is 10.2. The smallest absolute Gasteiger partial charge is 0.315 e. The summed E-state index contributed by atoms with van der Waals surface area (Å²) in [6.45, 7) is 5.34. The molecular formula is C20H32N4O2. The molecular weight excluding hydrogens is 328 g/mol. The first-order valence-corrected chi connectivity index (χ1v) is 10.1. The fraction of sp³-hybridized carbons (Fsp3) is 0.700. The van der Waals surface area contributed by atoms with Crippen molar-refractivity contribution in [1.29, 1.82) is 0 Å². The van der Waals surface area contributed by atoms with Crippen LogP contribution < -0.4 is 15.4 Å². The predicted molar refractivity (Wildman–Crippen MR) is 102 cm³/mol. The Morgan fingerprint density at radius 3 is 2.77 bits per heavy atom.